The molecular formula is C13H18Cl2N4O. The van der Waals surface area contributed by atoms with Gasteiger partial charge in [-0.2, -0.15) is 0 Å². The van der Waals surface area contributed by atoms with Gasteiger partial charge in [-0.25, -0.2) is 9.97 Å². The number of fused-ring (bicyclic) bond motifs is 1. The summed E-state index contributed by atoms with van der Waals surface area (Å²) in [6.07, 6.45) is 4.96. The average molecular weight is 317 g/mol. The maximum atomic E-state index is 12.4. The second-order valence-electron chi connectivity index (χ2n) is 5.27. The van der Waals surface area contributed by atoms with Crippen LogP contribution in [0.1, 0.15) is 23.3 Å². The van der Waals surface area contributed by atoms with Gasteiger partial charge in [0.2, 0.25) is 0 Å². The molecule has 2 atom stereocenters. The number of hydrogen-bond donors (Lipinski definition) is 1. The lowest BCUT2D eigenvalue weighted by atomic mass is 9.92. The van der Waals surface area contributed by atoms with E-state index in [-0.39, 0.29) is 18.3 Å². The normalized spacial score (nSPS) is 25.6. The summed E-state index contributed by atoms with van der Waals surface area (Å²) in [5, 5.41) is 3.76. The molecule has 1 amide bonds. The largest absolute Gasteiger partial charge is 0.337 e. The first-order chi connectivity index (χ1) is 9.25. The number of carbonyl (C=O) groups excluding carboxylic acids is 1. The van der Waals surface area contributed by atoms with E-state index in [1.807, 2.05) is 4.90 Å². The van der Waals surface area contributed by atoms with Gasteiger partial charge in [-0.15, -0.1) is 12.4 Å². The molecule has 7 heteroatoms. The molecule has 1 aromatic heterocycles. The molecule has 110 valence electrons. The fourth-order valence-electron chi connectivity index (χ4n) is 3.04. The van der Waals surface area contributed by atoms with Crippen LogP contribution in [0, 0.1) is 11.8 Å². The highest BCUT2D eigenvalue weighted by atomic mass is 35.5. The van der Waals surface area contributed by atoms with Crippen molar-refractivity contribution in [2.24, 2.45) is 11.8 Å². The van der Waals surface area contributed by atoms with Gasteiger partial charge in [0, 0.05) is 19.3 Å². The molecule has 3 heterocycles. The van der Waals surface area contributed by atoms with Gasteiger partial charge >= 0.3 is 0 Å². The van der Waals surface area contributed by atoms with Crippen LogP contribution in [-0.2, 0) is 0 Å². The van der Waals surface area contributed by atoms with Crippen molar-refractivity contribution in [2.45, 2.75) is 12.8 Å². The van der Waals surface area contributed by atoms with Crippen LogP contribution in [0.3, 0.4) is 0 Å². The minimum absolute atomic E-state index is 0. The maximum Gasteiger partial charge on any atom is 0.274 e. The Hall–Kier alpha value is -0.910. The van der Waals surface area contributed by atoms with Crippen LogP contribution in [0.4, 0.5) is 0 Å². The van der Waals surface area contributed by atoms with E-state index in [9.17, 15) is 4.79 Å². The van der Waals surface area contributed by atoms with E-state index in [0.29, 0.717) is 22.6 Å². The van der Waals surface area contributed by atoms with Gasteiger partial charge in [0.25, 0.3) is 5.91 Å². The molecule has 0 aliphatic carbocycles. The predicted octanol–water partition coefficient (Wildman–Crippen LogP) is 1.62. The summed E-state index contributed by atoms with van der Waals surface area (Å²) in [5.41, 5.74) is 0.321. The Bertz CT molecular complexity index is 471. The first-order valence-electron chi connectivity index (χ1n) is 6.71. The van der Waals surface area contributed by atoms with Gasteiger partial charge in [-0.1, -0.05) is 11.6 Å². The molecule has 2 aliphatic heterocycles. The summed E-state index contributed by atoms with van der Waals surface area (Å²) < 4.78 is 0. The van der Waals surface area contributed by atoms with Gasteiger partial charge in [0.1, 0.15) is 12.0 Å². The summed E-state index contributed by atoms with van der Waals surface area (Å²) in [6, 6.07) is 0. The number of halogens is 2. The third kappa shape index (κ3) is 3.05. The van der Waals surface area contributed by atoms with Crippen LogP contribution in [-0.4, -0.2) is 47.0 Å². The molecule has 0 saturated carbocycles. The Morgan fingerprint density at radius 1 is 1.30 bits per heavy atom. The third-order valence-electron chi connectivity index (χ3n) is 4.18. The molecule has 0 unspecified atom stereocenters. The number of hydrogen-bond acceptors (Lipinski definition) is 4. The highest BCUT2D eigenvalue weighted by Crippen LogP contribution is 2.28. The fraction of sp³-hybridized carbons (Fsp3) is 0.615. The summed E-state index contributed by atoms with van der Waals surface area (Å²) in [5.74, 6) is 1.35. The molecule has 0 spiro atoms. The zero-order valence-corrected chi connectivity index (χ0v) is 12.7. The van der Waals surface area contributed by atoms with E-state index in [2.05, 4.69) is 15.3 Å². The van der Waals surface area contributed by atoms with E-state index in [0.717, 1.165) is 39.0 Å². The van der Waals surface area contributed by atoms with Crippen LogP contribution in [0.15, 0.2) is 12.5 Å². The van der Waals surface area contributed by atoms with Crippen LogP contribution in [0.2, 0.25) is 5.02 Å². The highest BCUT2D eigenvalue weighted by molar-refractivity contribution is 6.33. The van der Waals surface area contributed by atoms with Crippen molar-refractivity contribution in [3.63, 3.8) is 0 Å². The van der Waals surface area contributed by atoms with Gasteiger partial charge < -0.3 is 10.2 Å². The molecule has 1 N–H and O–H groups in total. The van der Waals surface area contributed by atoms with E-state index in [4.69, 9.17) is 11.6 Å². The van der Waals surface area contributed by atoms with Crippen molar-refractivity contribution in [3.8, 4) is 0 Å². The Morgan fingerprint density at radius 3 is 2.55 bits per heavy atom. The Kier molecular flexibility index (Phi) is 5.18. The van der Waals surface area contributed by atoms with Crippen LogP contribution < -0.4 is 5.32 Å². The molecule has 2 aliphatic rings. The van der Waals surface area contributed by atoms with E-state index >= 15 is 0 Å². The Labute approximate surface area is 129 Å². The second kappa shape index (κ2) is 6.70. The van der Waals surface area contributed by atoms with Crippen molar-refractivity contribution in [2.75, 3.05) is 26.2 Å². The van der Waals surface area contributed by atoms with Gasteiger partial charge in [0.15, 0.2) is 0 Å². The van der Waals surface area contributed by atoms with E-state index in [1.165, 1.54) is 12.5 Å². The van der Waals surface area contributed by atoms with Crippen molar-refractivity contribution >= 4 is 29.9 Å². The SMILES string of the molecule is Cl.O=C(c1ncncc1Cl)N1CC[C@@H]2CNC[C@@H]2CC1. The molecule has 0 aromatic carbocycles. The lowest BCUT2D eigenvalue weighted by Crippen LogP contribution is -2.33. The minimum atomic E-state index is -0.0691. The molecule has 5 nitrogen and oxygen atoms in total. The van der Waals surface area contributed by atoms with E-state index in [1.54, 1.807) is 0 Å². The molecular weight excluding hydrogens is 299 g/mol. The van der Waals surface area contributed by atoms with Crippen molar-refractivity contribution < 1.29 is 4.79 Å². The molecule has 1 aromatic rings. The number of carbonyl (C=O) groups is 1. The average Bonchev–Trinajstić information content (AvgIpc) is 2.78. The number of nitrogens with one attached hydrogen (secondary N) is 1. The van der Waals surface area contributed by atoms with Crippen LogP contribution in [0.5, 0.6) is 0 Å². The summed E-state index contributed by atoms with van der Waals surface area (Å²) >= 11 is 5.99. The van der Waals surface area contributed by atoms with E-state index < -0.39 is 0 Å². The molecule has 0 bridgehead atoms. The monoisotopic (exact) mass is 316 g/mol. The smallest absolute Gasteiger partial charge is 0.274 e. The third-order valence-corrected chi connectivity index (χ3v) is 4.45. The zero-order valence-electron chi connectivity index (χ0n) is 11.1. The maximum absolute atomic E-state index is 12.4. The fourth-order valence-corrected chi connectivity index (χ4v) is 3.23. The molecule has 0 radical (unpaired) electrons. The number of aromatic nitrogens is 2. The van der Waals surface area contributed by atoms with Gasteiger partial charge in [0.05, 0.1) is 5.02 Å². The second-order valence-corrected chi connectivity index (χ2v) is 5.67. The molecule has 2 saturated heterocycles. The molecule has 2 fully saturated rings. The number of nitrogens with zero attached hydrogens (tertiary/aromatic N) is 3. The Morgan fingerprint density at radius 2 is 1.95 bits per heavy atom. The predicted molar refractivity (Wildman–Crippen MR) is 79.3 cm³/mol. The summed E-state index contributed by atoms with van der Waals surface area (Å²) in [6.45, 7) is 3.76. The zero-order chi connectivity index (χ0) is 13.2. The minimum Gasteiger partial charge on any atom is -0.337 e. The summed E-state index contributed by atoms with van der Waals surface area (Å²) in [7, 11) is 0. The standard InChI is InChI=1S/C13H17ClN4O.ClH/c14-11-7-16-8-17-12(11)13(19)18-3-1-9-5-15-6-10(9)2-4-18;/h7-10,15H,1-6H2;1H/t9-,10+;. The highest BCUT2D eigenvalue weighted by Gasteiger charge is 2.32. The number of rotatable bonds is 1. The van der Waals surface area contributed by atoms with Gasteiger partial charge in [-0.05, 0) is 37.8 Å². The number of amides is 1. The van der Waals surface area contributed by atoms with Crippen LogP contribution >= 0.6 is 24.0 Å². The molecule has 3 rings (SSSR count). The lowest BCUT2D eigenvalue weighted by molar-refractivity contribution is 0.0752. The molecule has 20 heavy (non-hydrogen) atoms. The topological polar surface area (TPSA) is 58.1 Å². The van der Waals surface area contributed by atoms with Crippen molar-refractivity contribution in [1.29, 1.82) is 0 Å². The van der Waals surface area contributed by atoms with Crippen molar-refractivity contribution in [1.82, 2.24) is 20.2 Å². The van der Waals surface area contributed by atoms with Gasteiger partial charge in [-0.3, -0.25) is 4.79 Å². The summed E-state index contributed by atoms with van der Waals surface area (Å²) in [4.78, 5) is 22.1. The lowest BCUT2D eigenvalue weighted by Gasteiger charge is -2.20. The first kappa shape index (κ1) is 15.5. The quantitative estimate of drug-likeness (QED) is 0.855. The van der Waals surface area contributed by atoms with Crippen LogP contribution in [0.25, 0.3) is 0 Å². The Balaban J connectivity index is 0.00000147. The first-order valence-corrected chi connectivity index (χ1v) is 7.09. The van der Waals surface area contributed by atoms with Crippen molar-refractivity contribution in [3.05, 3.63) is 23.2 Å². The number of likely N-dealkylation sites (tertiary alicyclic amines) is 1.